The molecular weight excluding hydrogens is 394 g/mol. The van der Waals surface area contributed by atoms with Gasteiger partial charge in [0.05, 0.1) is 17.6 Å². The van der Waals surface area contributed by atoms with Crippen LogP contribution in [0.4, 0.5) is 14.5 Å². The van der Waals surface area contributed by atoms with Crippen molar-refractivity contribution in [1.29, 1.82) is 0 Å². The molecule has 0 aliphatic rings. The van der Waals surface area contributed by atoms with E-state index in [0.717, 1.165) is 23.5 Å². The summed E-state index contributed by atoms with van der Waals surface area (Å²) >= 11 is 0. The molecule has 1 N–H and O–H groups in total. The molecule has 4 rings (SSSR count). The van der Waals surface area contributed by atoms with Crippen molar-refractivity contribution in [3.05, 3.63) is 60.2 Å². The summed E-state index contributed by atoms with van der Waals surface area (Å²) in [6.07, 6.45) is 3.37. The van der Waals surface area contributed by atoms with E-state index in [0.29, 0.717) is 5.65 Å². The fraction of sp³-hybridized carbons (Fsp3) is 0.200. The van der Waals surface area contributed by atoms with Crippen molar-refractivity contribution >= 4 is 17.2 Å². The normalized spacial score (nSPS) is 11.2. The fourth-order valence-electron chi connectivity index (χ4n) is 3.18. The summed E-state index contributed by atoms with van der Waals surface area (Å²) in [4.78, 5) is 17.0. The Morgan fingerprint density at radius 3 is 2.80 bits per heavy atom. The number of carbonyl (C=O) groups excluding carboxylic acids is 1. The summed E-state index contributed by atoms with van der Waals surface area (Å²) in [7, 11) is 0. The van der Waals surface area contributed by atoms with E-state index in [9.17, 15) is 13.6 Å². The molecule has 3 heterocycles. The van der Waals surface area contributed by atoms with Crippen LogP contribution in [0.15, 0.2) is 48.8 Å². The van der Waals surface area contributed by atoms with Crippen LogP contribution in [-0.2, 0) is 6.54 Å². The Hall–Kier alpha value is -3.82. The van der Waals surface area contributed by atoms with Gasteiger partial charge in [-0.3, -0.25) is 9.48 Å². The molecule has 10 heteroatoms. The number of aromatic nitrogens is 5. The number of alkyl halides is 2. The van der Waals surface area contributed by atoms with Crippen LogP contribution in [0.1, 0.15) is 23.1 Å². The minimum atomic E-state index is -3.00. The molecule has 0 atom stereocenters. The van der Waals surface area contributed by atoms with Crippen LogP contribution in [0, 0.1) is 6.92 Å². The fourth-order valence-corrected chi connectivity index (χ4v) is 3.18. The lowest BCUT2D eigenvalue weighted by Gasteiger charge is -2.10. The highest BCUT2D eigenvalue weighted by Gasteiger charge is 2.18. The molecule has 4 aromatic rings. The van der Waals surface area contributed by atoms with Gasteiger partial charge in [0.15, 0.2) is 11.3 Å². The maximum atomic E-state index is 12.7. The molecule has 0 bridgehead atoms. The molecule has 30 heavy (non-hydrogen) atoms. The molecule has 8 nitrogen and oxygen atoms in total. The van der Waals surface area contributed by atoms with Gasteiger partial charge in [0.2, 0.25) is 0 Å². The summed E-state index contributed by atoms with van der Waals surface area (Å²) in [5.74, 6) is -0.705. The number of ether oxygens (including phenoxy) is 1. The van der Waals surface area contributed by atoms with Crippen LogP contribution in [0.3, 0.4) is 0 Å². The average Bonchev–Trinajstić information content (AvgIpc) is 3.32. The molecule has 154 valence electrons. The number of nitrogens with zero attached hydrogens (tertiary/aromatic N) is 5. The first-order valence-electron chi connectivity index (χ1n) is 9.20. The molecule has 0 aliphatic carbocycles. The van der Waals surface area contributed by atoms with Crippen molar-refractivity contribution in [3.63, 3.8) is 0 Å². The molecule has 0 aliphatic heterocycles. The number of halogens is 2. The lowest BCUT2D eigenvalue weighted by Crippen LogP contribution is -2.14. The number of amides is 1. The van der Waals surface area contributed by atoms with E-state index in [4.69, 9.17) is 0 Å². The van der Waals surface area contributed by atoms with Gasteiger partial charge in [-0.2, -0.15) is 19.0 Å². The summed E-state index contributed by atoms with van der Waals surface area (Å²) in [5, 5.41) is 11.3. The zero-order chi connectivity index (χ0) is 21.3. The maximum absolute atomic E-state index is 12.7. The molecule has 1 aromatic carbocycles. The second kappa shape index (κ2) is 7.90. The Bertz CT molecular complexity index is 1220. The van der Waals surface area contributed by atoms with Crippen molar-refractivity contribution in [3.8, 4) is 17.0 Å². The van der Waals surface area contributed by atoms with Crippen LogP contribution < -0.4 is 10.1 Å². The predicted octanol–water partition coefficient (Wildman–Crippen LogP) is 3.77. The van der Waals surface area contributed by atoms with E-state index < -0.39 is 12.5 Å². The van der Waals surface area contributed by atoms with Gasteiger partial charge < -0.3 is 10.1 Å². The van der Waals surface area contributed by atoms with Gasteiger partial charge >= 0.3 is 6.61 Å². The number of benzene rings is 1. The van der Waals surface area contributed by atoms with Gasteiger partial charge in [-0.05, 0) is 32.0 Å². The first kappa shape index (κ1) is 19.5. The number of aryl methyl sites for hydroxylation is 1. The number of hydrogen-bond acceptors (Lipinski definition) is 5. The molecule has 0 saturated heterocycles. The lowest BCUT2D eigenvalue weighted by atomic mass is 10.2. The largest absolute Gasteiger partial charge is 0.433 e. The number of fused-ring (bicyclic) bond motifs is 1. The highest BCUT2D eigenvalue weighted by molar-refractivity contribution is 6.04. The third-order valence-corrected chi connectivity index (χ3v) is 4.62. The van der Waals surface area contributed by atoms with E-state index in [1.807, 2.05) is 18.5 Å². The maximum Gasteiger partial charge on any atom is 0.387 e. The van der Waals surface area contributed by atoms with Crippen molar-refractivity contribution in [1.82, 2.24) is 24.4 Å². The Morgan fingerprint density at radius 1 is 1.27 bits per heavy atom. The van der Waals surface area contributed by atoms with E-state index in [-0.39, 0.29) is 17.1 Å². The van der Waals surface area contributed by atoms with Crippen LogP contribution in [0.25, 0.3) is 16.9 Å². The Labute approximate surface area is 170 Å². The lowest BCUT2D eigenvalue weighted by molar-refractivity contribution is -0.0493. The van der Waals surface area contributed by atoms with E-state index in [1.165, 1.54) is 24.3 Å². The first-order valence-corrected chi connectivity index (χ1v) is 9.20. The quantitative estimate of drug-likeness (QED) is 0.521. The predicted molar refractivity (Wildman–Crippen MR) is 106 cm³/mol. The van der Waals surface area contributed by atoms with Crippen molar-refractivity contribution in [2.75, 3.05) is 5.32 Å². The number of para-hydroxylation sites is 2. The Balaban J connectivity index is 1.68. The third kappa shape index (κ3) is 3.59. The van der Waals surface area contributed by atoms with Crippen molar-refractivity contribution in [2.45, 2.75) is 27.0 Å². The smallest absolute Gasteiger partial charge is 0.387 e. The first-order chi connectivity index (χ1) is 14.5. The number of rotatable bonds is 6. The van der Waals surface area contributed by atoms with Gasteiger partial charge in [-0.25, -0.2) is 9.50 Å². The molecule has 3 aromatic heterocycles. The molecule has 0 spiro atoms. The zero-order valence-corrected chi connectivity index (χ0v) is 16.2. The number of anilines is 1. The topological polar surface area (TPSA) is 86.3 Å². The molecule has 0 unspecified atom stereocenters. The Morgan fingerprint density at radius 2 is 2.07 bits per heavy atom. The highest BCUT2D eigenvalue weighted by atomic mass is 19.3. The van der Waals surface area contributed by atoms with Crippen LogP contribution >= 0.6 is 0 Å². The standard InChI is InChI=1S/C20H18F2N6O2/c1-3-27-12(2)13(11-24-27)16-8-9-23-18-10-15(26-28(16)18)19(29)25-14-6-4-5-7-17(14)30-20(21)22/h4-11,20H,3H2,1-2H3,(H,25,29). The summed E-state index contributed by atoms with van der Waals surface area (Å²) in [5.41, 5.74) is 3.24. The van der Waals surface area contributed by atoms with Crippen LogP contribution in [0.5, 0.6) is 5.75 Å². The number of hydrogen-bond donors (Lipinski definition) is 1. The second-order valence-corrected chi connectivity index (χ2v) is 6.42. The minimum absolute atomic E-state index is 0.0855. The van der Waals surface area contributed by atoms with E-state index in [2.05, 4.69) is 25.2 Å². The summed E-state index contributed by atoms with van der Waals surface area (Å²) < 4.78 is 33.1. The second-order valence-electron chi connectivity index (χ2n) is 6.42. The molecule has 0 saturated carbocycles. The van der Waals surface area contributed by atoms with Crippen LogP contribution in [-0.4, -0.2) is 36.9 Å². The van der Waals surface area contributed by atoms with Gasteiger partial charge in [0.25, 0.3) is 5.91 Å². The summed E-state index contributed by atoms with van der Waals surface area (Å²) in [6, 6.07) is 9.27. The van der Waals surface area contributed by atoms with Crippen LogP contribution in [0.2, 0.25) is 0 Å². The molecular formula is C20H18F2N6O2. The zero-order valence-electron chi connectivity index (χ0n) is 16.2. The Kier molecular flexibility index (Phi) is 5.13. The average molecular weight is 412 g/mol. The van der Waals surface area contributed by atoms with Gasteiger partial charge in [-0.15, -0.1) is 0 Å². The monoisotopic (exact) mass is 412 g/mol. The van der Waals surface area contributed by atoms with Gasteiger partial charge in [0.1, 0.15) is 5.75 Å². The van der Waals surface area contributed by atoms with Gasteiger partial charge in [-0.1, -0.05) is 12.1 Å². The number of nitrogens with one attached hydrogen (secondary N) is 1. The molecule has 1 amide bonds. The molecule has 0 fully saturated rings. The SMILES string of the molecule is CCn1ncc(-c2ccnc3cc(C(=O)Nc4ccccc4OC(F)F)nn23)c1C. The van der Waals surface area contributed by atoms with Crippen molar-refractivity contribution in [2.24, 2.45) is 0 Å². The third-order valence-electron chi connectivity index (χ3n) is 4.62. The van der Waals surface area contributed by atoms with E-state index >= 15 is 0 Å². The minimum Gasteiger partial charge on any atom is -0.433 e. The van der Waals surface area contributed by atoms with Crippen molar-refractivity contribution < 1.29 is 18.3 Å². The van der Waals surface area contributed by atoms with E-state index in [1.54, 1.807) is 29.0 Å². The number of carbonyl (C=O) groups is 1. The molecule has 0 radical (unpaired) electrons. The van der Waals surface area contributed by atoms with Gasteiger partial charge in [0, 0.05) is 30.1 Å². The summed E-state index contributed by atoms with van der Waals surface area (Å²) in [6.45, 7) is 1.68. The highest BCUT2D eigenvalue weighted by Crippen LogP contribution is 2.27.